The fraction of sp³-hybridized carbons (Fsp3) is 0.850. The molecule has 2 amide bonds. The molecule has 0 aromatic heterocycles. The molecule has 3 N–H and O–H groups in total. The molecule has 0 saturated carbocycles. The van der Waals surface area contributed by atoms with Crippen LogP contribution in [-0.4, -0.2) is 29.9 Å². The van der Waals surface area contributed by atoms with Crippen molar-refractivity contribution in [3.8, 4) is 0 Å². The van der Waals surface area contributed by atoms with Crippen molar-refractivity contribution in [1.82, 2.24) is 5.32 Å². The first-order valence-corrected chi connectivity index (χ1v) is 10.2. The molecule has 0 aromatic rings. The second-order valence-electron chi connectivity index (χ2n) is 7.18. The fourth-order valence-electron chi connectivity index (χ4n) is 2.60. The van der Waals surface area contributed by atoms with Crippen LogP contribution in [0.5, 0.6) is 0 Å². The molecule has 26 heavy (non-hydrogen) atoms. The molecule has 152 valence electrons. The maximum absolute atomic E-state index is 11.7. The Labute approximate surface area is 158 Å². The van der Waals surface area contributed by atoms with Crippen LogP contribution in [0.3, 0.4) is 0 Å². The highest BCUT2D eigenvalue weighted by Crippen LogP contribution is 2.10. The van der Waals surface area contributed by atoms with E-state index in [-0.39, 0.29) is 24.9 Å². The molecule has 0 radical (unpaired) electrons. The first-order valence-electron chi connectivity index (χ1n) is 10.2. The first-order chi connectivity index (χ1) is 12.4. The van der Waals surface area contributed by atoms with Crippen LogP contribution >= 0.6 is 0 Å². The summed E-state index contributed by atoms with van der Waals surface area (Å²) in [7, 11) is 0. The number of esters is 1. The highest BCUT2D eigenvalue weighted by molar-refractivity contribution is 5.95. The lowest BCUT2D eigenvalue weighted by Gasteiger charge is -2.13. The minimum Gasteiger partial charge on any atom is -0.462 e. The molecule has 1 unspecified atom stereocenters. The Balaban J connectivity index is 3.64. The summed E-state index contributed by atoms with van der Waals surface area (Å²) in [6, 6.07) is -0.837. The molecule has 0 saturated heterocycles. The summed E-state index contributed by atoms with van der Waals surface area (Å²) in [5, 5.41) is 2.35. The van der Waals surface area contributed by atoms with E-state index in [2.05, 4.69) is 12.2 Å². The molecule has 0 aliphatic rings. The van der Waals surface area contributed by atoms with Gasteiger partial charge in [0.2, 0.25) is 11.8 Å². The smallest absolute Gasteiger partial charge is 0.323 e. The van der Waals surface area contributed by atoms with Crippen molar-refractivity contribution in [2.24, 2.45) is 5.73 Å². The number of carbonyl (C=O) groups is 3. The summed E-state index contributed by atoms with van der Waals surface area (Å²) in [5.74, 6) is -1.16. The van der Waals surface area contributed by atoms with E-state index >= 15 is 0 Å². The topological polar surface area (TPSA) is 98.5 Å². The summed E-state index contributed by atoms with van der Waals surface area (Å²) >= 11 is 0. The minimum atomic E-state index is -0.837. The Kier molecular flexibility index (Phi) is 14.9. The van der Waals surface area contributed by atoms with Gasteiger partial charge in [-0.3, -0.25) is 19.7 Å². The van der Waals surface area contributed by atoms with Crippen LogP contribution in [0.4, 0.5) is 0 Å². The van der Waals surface area contributed by atoms with Crippen molar-refractivity contribution >= 4 is 17.8 Å². The van der Waals surface area contributed by atoms with Crippen molar-refractivity contribution in [3.05, 3.63) is 0 Å². The zero-order chi connectivity index (χ0) is 19.8. The molecule has 0 rings (SSSR count). The molecular formula is C20H38N2O4. The number of amides is 2. The van der Waals surface area contributed by atoms with Gasteiger partial charge in [-0.15, -0.1) is 0 Å². The predicted molar refractivity (Wildman–Crippen MR) is 103 cm³/mol. The number of hydrogen-bond acceptors (Lipinski definition) is 5. The normalized spacial score (nSPS) is 12.0. The number of rotatable bonds is 15. The van der Waals surface area contributed by atoms with Gasteiger partial charge in [0.15, 0.2) is 0 Å². The van der Waals surface area contributed by atoms with Gasteiger partial charge in [-0.2, -0.15) is 0 Å². The van der Waals surface area contributed by atoms with Gasteiger partial charge in [0.25, 0.3) is 0 Å². The van der Waals surface area contributed by atoms with E-state index in [1.54, 1.807) is 13.8 Å². The Bertz CT molecular complexity index is 411. The third-order valence-electron chi connectivity index (χ3n) is 4.12. The van der Waals surface area contributed by atoms with E-state index in [0.717, 1.165) is 19.3 Å². The highest BCUT2D eigenvalue weighted by atomic mass is 16.5. The zero-order valence-corrected chi connectivity index (χ0v) is 16.9. The van der Waals surface area contributed by atoms with E-state index in [1.165, 1.54) is 38.5 Å². The van der Waals surface area contributed by atoms with Crippen LogP contribution in [0.2, 0.25) is 0 Å². The molecule has 0 aromatic carbocycles. The summed E-state index contributed by atoms with van der Waals surface area (Å²) < 4.78 is 4.98. The molecule has 0 aliphatic heterocycles. The number of unbranched alkanes of at least 4 members (excludes halogenated alkanes) is 8. The summed E-state index contributed by atoms with van der Waals surface area (Å²) in [5.41, 5.74) is 5.67. The number of nitrogens with two attached hydrogens (primary N) is 1. The van der Waals surface area contributed by atoms with Crippen molar-refractivity contribution in [3.63, 3.8) is 0 Å². The van der Waals surface area contributed by atoms with Crippen molar-refractivity contribution in [1.29, 1.82) is 0 Å². The van der Waals surface area contributed by atoms with Crippen LogP contribution in [0.15, 0.2) is 0 Å². The number of carbonyl (C=O) groups excluding carboxylic acids is 3. The van der Waals surface area contributed by atoms with Crippen molar-refractivity contribution in [2.75, 3.05) is 0 Å². The fourth-order valence-corrected chi connectivity index (χ4v) is 2.60. The van der Waals surface area contributed by atoms with Gasteiger partial charge in [0, 0.05) is 12.8 Å². The lowest BCUT2D eigenvalue weighted by Crippen LogP contribution is -2.36. The maximum atomic E-state index is 11.7. The highest BCUT2D eigenvalue weighted by Gasteiger charge is 2.18. The van der Waals surface area contributed by atoms with Crippen LogP contribution in [0.1, 0.15) is 97.8 Å². The third-order valence-corrected chi connectivity index (χ3v) is 4.12. The van der Waals surface area contributed by atoms with E-state index in [0.29, 0.717) is 6.42 Å². The minimum absolute atomic E-state index is 0.0395. The van der Waals surface area contributed by atoms with E-state index in [4.69, 9.17) is 10.5 Å². The number of nitrogens with one attached hydrogen (secondary N) is 1. The van der Waals surface area contributed by atoms with Crippen molar-refractivity contribution < 1.29 is 19.1 Å². The molecule has 0 spiro atoms. The quantitative estimate of drug-likeness (QED) is 0.339. The number of imide groups is 1. The Morgan fingerprint density at radius 2 is 1.35 bits per heavy atom. The van der Waals surface area contributed by atoms with E-state index in [1.807, 2.05) is 0 Å². The molecule has 6 heteroatoms. The molecule has 0 fully saturated rings. The van der Waals surface area contributed by atoms with Crippen LogP contribution < -0.4 is 11.1 Å². The predicted octanol–water partition coefficient (Wildman–Crippen LogP) is 3.61. The lowest BCUT2D eigenvalue weighted by atomic mass is 10.1. The molecule has 0 aliphatic carbocycles. The average Bonchev–Trinajstić information content (AvgIpc) is 2.57. The molecule has 0 bridgehead atoms. The number of hydrogen-bond donors (Lipinski definition) is 2. The van der Waals surface area contributed by atoms with Gasteiger partial charge in [-0.1, -0.05) is 58.3 Å². The van der Waals surface area contributed by atoms with Gasteiger partial charge in [-0.05, 0) is 26.7 Å². The van der Waals surface area contributed by atoms with Gasteiger partial charge < -0.3 is 10.5 Å². The Morgan fingerprint density at radius 3 is 1.88 bits per heavy atom. The van der Waals surface area contributed by atoms with Crippen LogP contribution in [0, 0.1) is 0 Å². The van der Waals surface area contributed by atoms with Gasteiger partial charge in [-0.25, -0.2) is 0 Å². The Hall–Kier alpha value is -1.43. The van der Waals surface area contributed by atoms with E-state index < -0.39 is 17.9 Å². The second-order valence-corrected chi connectivity index (χ2v) is 7.18. The van der Waals surface area contributed by atoms with Gasteiger partial charge in [0.1, 0.15) is 6.04 Å². The standard InChI is InChI=1S/C20H38N2O4/c1-4-5-6-7-8-9-10-11-12-13-18(23)22-19(24)15-14-17(21)20(25)26-16(2)3/h16-17H,4-15,21H2,1-3H3,(H,22,23,24). The van der Waals surface area contributed by atoms with Gasteiger partial charge >= 0.3 is 5.97 Å². The van der Waals surface area contributed by atoms with Gasteiger partial charge in [0.05, 0.1) is 6.10 Å². The van der Waals surface area contributed by atoms with Crippen LogP contribution in [0.25, 0.3) is 0 Å². The molecular weight excluding hydrogens is 332 g/mol. The lowest BCUT2D eigenvalue weighted by molar-refractivity contribution is -0.149. The molecule has 0 heterocycles. The summed E-state index contributed by atoms with van der Waals surface area (Å²) in [6.45, 7) is 5.69. The van der Waals surface area contributed by atoms with Crippen LogP contribution in [-0.2, 0) is 19.1 Å². The molecule has 6 nitrogen and oxygen atoms in total. The maximum Gasteiger partial charge on any atom is 0.323 e. The third kappa shape index (κ3) is 14.9. The molecule has 1 atom stereocenters. The first kappa shape index (κ1) is 24.6. The summed E-state index contributed by atoms with van der Waals surface area (Å²) in [6.07, 6.45) is 11.0. The Morgan fingerprint density at radius 1 is 0.846 bits per heavy atom. The number of ether oxygens (including phenoxy) is 1. The second kappa shape index (κ2) is 15.8. The monoisotopic (exact) mass is 370 g/mol. The van der Waals surface area contributed by atoms with Crippen molar-refractivity contribution in [2.45, 2.75) is 110 Å². The zero-order valence-electron chi connectivity index (χ0n) is 16.9. The van der Waals surface area contributed by atoms with E-state index in [9.17, 15) is 14.4 Å². The average molecular weight is 371 g/mol. The SMILES string of the molecule is CCCCCCCCCCCC(=O)NC(=O)CCC(N)C(=O)OC(C)C. The largest absolute Gasteiger partial charge is 0.462 e. The summed E-state index contributed by atoms with van der Waals surface area (Å²) in [4.78, 5) is 35.0.